The molecule has 29 heavy (non-hydrogen) atoms. The van der Waals surface area contributed by atoms with Gasteiger partial charge in [-0.3, -0.25) is 4.79 Å². The van der Waals surface area contributed by atoms with Crippen LogP contribution in [0, 0.1) is 13.8 Å². The quantitative estimate of drug-likeness (QED) is 0.583. The maximum atomic E-state index is 12.9. The minimum atomic E-state index is -0.518. The summed E-state index contributed by atoms with van der Waals surface area (Å²) >= 11 is 1.57. The number of ether oxygens (including phenoxy) is 1. The molecule has 3 heterocycles. The van der Waals surface area contributed by atoms with E-state index < -0.39 is 11.9 Å². The molecule has 1 unspecified atom stereocenters. The molecule has 0 saturated heterocycles. The monoisotopic (exact) mass is 408 g/mol. The average molecular weight is 408 g/mol. The number of hydrogen-bond acceptors (Lipinski definition) is 6. The third kappa shape index (κ3) is 4.00. The second kappa shape index (κ2) is 8.05. The van der Waals surface area contributed by atoms with Crippen molar-refractivity contribution >= 4 is 28.9 Å². The summed E-state index contributed by atoms with van der Waals surface area (Å²) in [4.78, 5) is 26.3. The first kappa shape index (κ1) is 19.1. The van der Waals surface area contributed by atoms with Gasteiger partial charge < -0.3 is 9.15 Å². The number of aryl methyl sites for hydroxylation is 2. The van der Waals surface area contributed by atoms with E-state index in [1.807, 2.05) is 49.6 Å². The van der Waals surface area contributed by atoms with E-state index in [0.717, 1.165) is 21.7 Å². The predicted octanol–water partition coefficient (Wildman–Crippen LogP) is 4.49. The number of carbonyl (C=O) groups is 2. The van der Waals surface area contributed by atoms with Crippen LogP contribution in [0.3, 0.4) is 0 Å². The molecule has 1 atom stereocenters. The lowest BCUT2D eigenvalue weighted by molar-refractivity contribution is -0.136. The van der Waals surface area contributed by atoms with Gasteiger partial charge in [0.25, 0.3) is 5.91 Å². The molecule has 0 aliphatic carbocycles. The third-order valence-corrected chi connectivity index (χ3v) is 5.70. The van der Waals surface area contributed by atoms with Crippen LogP contribution < -0.4 is 0 Å². The summed E-state index contributed by atoms with van der Waals surface area (Å²) in [7, 11) is 0. The van der Waals surface area contributed by atoms with Crippen LogP contribution in [-0.2, 0) is 9.53 Å². The maximum Gasteiger partial charge on any atom is 0.338 e. The molecular formula is C22H20N2O4S. The van der Waals surface area contributed by atoms with Crippen molar-refractivity contribution in [2.45, 2.75) is 26.3 Å². The zero-order valence-corrected chi connectivity index (χ0v) is 16.9. The third-order valence-electron chi connectivity index (χ3n) is 4.78. The first-order chi connectivity index (χ1) is 14.0. The molecule has 3 aromatic rings. The van der Waals surface area contributed by atoms with Gasteiger partial charge in [-0.1, -0.05) is 23.8 Å². The molecule has 0 saturated carbocycles. The van der Waals surface area contributed by atoms with Crippen molar-refractivity contribution in [1.82, 2.24) is 5.01 Å². The fourth-order valence-electron chi connectivity index (χ4n) is 3.26. The van der Waals surface area contributed by atoms with Crippen molar-refractivity contribution in [2.24, 2.45) is 5.10 Å². The molecule has 2 aromatic heterocycles. The van der Waals surface area contributed by atoms with Gasteiger partial charge in [0.05, 0.1) is 22.4 Å². The van der Waals surface area contributed by atoms with Crippen LogP contribution in [0.15, 0.2) is 63.6 Å². The second-order valence-corrected chi connectivity index (χ2v) is 7.84. The summed E-state index contributed by atoms with van der Waals surface area (Å²) in [5.74, 6) is -0.262. The van der Waals surface area contributed by atoms with Crippen LogP contribution in [-0.4, -0.2) is 29.2 Å². The zero-order valence-electron chi connectivity index (χ0n) is 16.1. The average Bonchev–Trinajstić information content (AvgIpc) is 3.47. The molecule has 148 valence electrons. The van der Waals surface area contributed by atoms with Crippen molar-refractivity contribution in [1.29, 1.82) is 0 Å². The van der Waals surface area contributed by atoms with Crippen molar-refractivity contribution in [3.63, 3.8) is 0 Å². The Labute approximate surface area is 172 Å². The van der Waals surface area contributed by atoms with Crippen molar-refractivity contribution in [2.75, 3.05) is 6.61 Å². The molecule has 0 fully saturated rings. The number of nitrogens with zero attached hydrogens (tertiary/aromatic N) is 2. The normalized spacial score (nSPS) is 16.0. The van der Waals surface area contributed by atoms with Crippen LogP contribution in [0.25, 0.3) is 0 Å². The molecule has 7 heteroatoms. The first-order valence-electron chi connectivity index (χ1n) is 9.24. The second-order valence-electron chi connectivity index (χ2n) is 6.89. The smallest absolute Gasteiger partial charge is 0.338 e. The highest BCUT2D eigenvalue weighted by Crippen LogP contribution is 2.34. The highest BCUT2D eigenvalue weighted by Gasteiger charge is 2.35. The van der Waals surface area contributed by atoms with Crippen molar-refractivity contribution < 1.29 is 18.7 Å². The van der Waals surface area contributed by atoms with Gasteiger partial charge in [-0.05, 0) is 49.1 Å². The van der Waals surface area contributed by atoms with Crippen LogP contribution in [0.2, 0.25) is 0 Å². The number of benzene rings is 1. The largest absolute Gasteiger partial charge is 0.467 e. The summed E-state index contributed by atoms with van der Waals surface area (Å²) in [5.41, 5.74) is 3.04. The Hall–Kier alpha value is -3.19. The SMILES string of the molecule is Cc1ccc(C)c(C(=O)OCC(=O)N2N=C(c3cccs3)CC2c2ccco2)c1. The maximum absolute atomic E-state index is 12.9. The van der Waals surface area contributed by atoms with Crippen molar-refractivity contribution in [3.05, 3.63) is 81.4 Å². The molecule has 0 bridgehead atoms. The van der Waals surface area contributed by atoms with E-state index in [2.05, 4.69) is 5.10 Å². The summed E-state index contributed by atoms with van der Waals surface area (Å²) in [6, 6.07) is 12.7. The zero-order chi connectivity index (χ0) is 20.4. The lowest BCUT2D eigenvalue weighted by Gasteiger charge is -2.19. The number of esters is 1. The molecule has 4 rings (SSSR count). The lowest BCUT2D eigenvalue weighted by Crippen LogP contribution is -2.31. The number of rotatable bonds is 5. The molecular weight excluding hydrogens is 388 g/mol. The Balaban J connectivity index is 1.50. The Kier molecular flexibility index (Phi) is 5.31. The Morgan fingerprint density at radius 3 is 2.83 bits per heavy atom. The first-order valence-corrected chi connectivity index (χ1v) is 10.1. The Bertz CT molecular complexity index is 1050. The summed E-state index contributed by atoms with van der Waals surface area (Å²) in [5, 5.41) is 7.84. The molecule has 0 spiro atoms. The lowest BCUT2D eigenvalue weighted by atomic mass is 10.1. The van der Waals surface area contributed by atoms with Crippen LogP contribution in [0.1, 0.15) is 44.6 Å². The molecule has 1 aliphatic heterocycles. The van der Waals surface area contributed by atoms with E-state index in [1.165, 1.54) is 5.01 Å². The van der Waals surface area contributed by atoms with Gasteiger partial charge >= 0.3 is 5.97 Å². The number of hydrogen-bond donors (Lipinski definition) is 0. The minimum Gasteiger partial charge on any atom is -0.467 e. The van der Waals surface area contributed by atoms with Crippen LogP contribution in [0.5, 0.6) is 0 Å². The number of hydrazone groups is 1. The van der Waals surface area contributed by atoms with Crippen molar-refractivity contribution in [3.8, 4) is 0 Å². The van der Waals surface area contributed by atoms with E-state index in [0.29, 0.717) is 17.7 Å². The van der Waals surface area contributed by atoms with E-state index in [1.54, 1.807) is 29.7 Å². The summed E-state index contributed by atoms with van der Waals surface area (Å²) in [6.45, 7) is 3.36. The fourth-order valence-corrected chi connectivity index (χ4v) is 3.98. The molecule has 6 nitrogen and oxygen atoms in total. The molecule has 1 aliphatic rings. The van der Waals surface area contributed by atoms with Gasteiger partial charge in [-0.15, -0.1) is 11.3 Å². The molecule has 0 radical (unpaired) electrons. The molecule has 1 aromatic carbocycles. The minimum absolute atomic E-state index is 0.353. The van der Waals surface area contributed by atoms with Gasteiger partial charge in [-0.2, -0.15) is 5.10 Å². The van der Waals surface area contributed by atoms with E-state index >= 15 is 0 Å². The topological polar surface area (TPSA) is 72.1 Å². The van der Waals surface area contributed by atoms with Crippen LogP contribution in [0.4, 0.5) is 0 Å². The van der Waals surface area contributed by atoms with Gasteiger partial charge in [0.15, 0.2) is 6.61 Å². The Morgan fingerprint density at radius 1 is 1.24 bits per heavy atom. The molecule has 1 amide bonds. The van der Waals surface area contributed by atoms with Gasteiger partial charge in [0, 0.05) is 6.42 Å². The molecule has 0 N–H and O–H groups in total. The predicted molar refractivity (Wildman–Crippen MR) is 110 cm³/mol. The summed E-state index contributed by atoms with van der Waals surface area (Å²) < 4.78 is 10.8. The van der Waals surface area contributed by atoms with E-state index in [9.17, 15) is 9.59 Å². The number of amides is 1. The highest BCUT2D eigenvalue weighted by atomic mass is 32.1. The van der Waals surface area contributed by atoms with Gasteiger partial charge in [0.1, 0.15) is 11.8 Å². The van der Waals surface area contributed by atoms with Crippen LogP contribution >= 0.6 is 11.3 Å². The number of furan rings is 1. The van der Waals surface area contributed by atoms with E-state index in [4.69, 9.17) is 9.15 Å². The Morgan fingerprint density at radius 2 is 2.10 bits per heavy atom. The number of carbonyl (C=O) groups excluding carboxylic acids is 2. The fraction of sp³-hybridized carbons (Fsp3) is 0.227. The standard InChI is InChI=1S/C22H20N2O4S/c1-14-7-8-15(2)16(11-14)22(26)28-13-21(25)24-18(19-5-3-9-27-19)12-17(23-24)20-6-4-10-29-20/h3-11,18H,12-13H2,1-2H3. The van der Waals surface area contributed by atoms with E-state index in [-0.39, 0.29) is 12.6 Å². The number of thiophene rings is 1. The summed E-state index contributed by atoms with van der Waals surface area (Å²) in [6.07, 6.45) is 2.12. The highest BCUT2D eigenvalue weighted by molar-refractivity contribution is 7.12. The van der Waals surface area contributed by atoms with Gasteiger partial charge in [0.2, 0.25) is 0 Å². The van der Waals surface area contributed by atoms with Gasteiger partial charge in [-0.25, -0.2) is 9.80 Å².